The number of piperazine rings is 1. The van der Waals surface area contributed by atoms with Crippen molar-refractivity contribution in [2.75, 3.05) is 26.2 Å². The van der Waals surface area contributed by atoms with Gasteiger partial charge in [-0.2, -0.15) is 0 Å². The molecule has 1 aromatic carbocycles. The zero-order valence-electron chi connectivity index (χ0n) is 16.3. The van der Waals surface area contributed by atoms with Crippen LogP contribution in [0.4, 0.5) is 5.88 Å². The van der Waals surface area contributed by atoms with E-state index in [1.54, 1.807) is 6.07 Å². The van der Waals surface area contributed by atoms with Crippen LogP contribution in [0.1, 0.15) is 49.5 Å². The number of nitrogens with zero attached hydrogens (tertiary/aromatic N) is 3. The highest BCUT2D eigenvalue weighted by molar-refractivity contribution is 5.21. The van der Waals surface area contributed by atoms with Crippen LogP contribution >= 0.6 is 0 Å². The van der Waals surface area contributed by atoms with Crippen LogP contribution in [0.25, 0.3) is 0 Å². The summed E-state index contributed by atoms with van der Waals surface area (Å²) >= 11 is 0. The number of rotatable bonds is 6. The van der Waals surface area contributed by atoms with Gasteiger partial charge in [-0.05, 0) is 30.4 Å². The van der Waals surface area contributed by atoms with E-state index in [0.717, 1.165) is 32.1 Å². The Labute approximate surface area is 166 Å². The lowest BCUT2D eigenvalue weighted by molar-refractivity contribution is -0.402. The fraction of sp³-hybridized carbons (Fsp3) is 0.545. The molecule has 28 heavy (non-hydrogen) atoms. The van der Waals surface area contributed by atoms with Gasteiger partial charge in [0, 0.05) is 32.2 Å². The van der Waals surface area contributed by atoms with Gasteiger partial charge in [-0.15, -0.1) is 0 Å². The SMILES string of the molecule is O=[N+]([O-])c1ccc(CN2CCN(C(c3ccccc3)C3CCCCC3)CC2)o1. The average molecular weight is 383 g/mol. The molecule has 150 valence electrons. The van der Waals surface area contributed by atoms with Crippen molar-refractivity contribution in [2.24, 2.45) is 5.92 Å². The van der Waals surface area contributed by atoms with E-state index >= 15 is 0 Å². The van der Waals surface area contributed by atoms with E-state index in [1.165, 1.54) is 43.7 Å². The molecule has 1 saturated heterocycles. The summed E-state index contributed by atoms with van der Waals surface area (Å²) in [6.45, 7) is 4.62. The van der Waals surface area contributed by atoms with Crippen molar-refractivity contribution in [3.05, 3.63) is 63.9 Å². The monoisotopic (exact) mass is 383 g/mol. The topological polar surface area (TPSA) is 62.8 Å². The van der Waals surface area contributed by atoms with Crippen molar-refractivity contribution in [1.82, 2.24) is 9.80 Å². The Morgan fingerprint density at radius 2 is 1.71 bits per heavy atom. The minimum Gasteiger partial charge on any atom is -0.404 e. The first-order valence-corrected chi connectivity index (χ1v) is 10.4. The minimum atomic E-state index is -0.476. The van der Waals surface area contributed by atoms with E-state index in [-0.39, 0.29) is 5.88 Å². The first kappa shape index (κ1) is 19.2. The van der Waals surface area contributed by atoms with Crippen molar-refractivity contribution < 1.29 is 9.34 Å². The van der Waals surface area contributed by atoms with Gasteiger partial charge in [0.25, 0.3) is 0 Å². The molecule has 0 spiro atoms. The summed E-state index contributed by atoms with van der Waals surface area (Å²) < 4.78 is 5.33. The molecule has 6 nitrogen and oxygen atoms in total. The van der Waals surface area contributed by atoms with Crippen molar-refractivity contribution in [2.45, 2.75) is 44.7 Å². The lowest BCUT2D eigenvalue weighted by Crippen LogP contribution is -2.48. The predicted molar refractivity (Wildman–Crippen MR) is 108 cm³/mol. The molecule has 2 aliphatic rings. The van der Waals surface area contributed by atoms with E-state index in [1.807, 2.05) is 0 Å². The molecule has 1 saturated carbocycles. The van der Waals surface area contributed by atoms with Crippen LogP contribution in [0.15, 0.2) is 46.9 Å². The molecule has 0 bridgehead atoms. The first-order valence-electron chi connectivity index (χ1n) is 10.4. The number of furan rings is 1. The molecule has 6 heteroatoms. The van der Waals surface area contributed by atoms with Gasteiger partial charge in [0.05, 0.1) is 12.6 Å². The Bertz CT molecular complexity index is 762. The third-order valence-electron chi connectivity index (χ3n) is 6.24. The highest BCUT2D eigenvalue weighted by atomic mass is 16.6. The molecule has 2 fully saturated rings. The van der Waals surface area contributed by atoms with Crippen molar-refractivity contribution in [3.63, 3.8) is 0 Å². The molecule has 1 aliphatic heterocycles. The quantitative estimate of drug-likeness (QED) is 0.538. The fourth-order valence-corrected chi connectivity index (χ4v) is 4.85. The summed E-state index contributed by atoms with van der Waals surface area (Å²) in [6, 6.07) is 14.7. The second-order valence-electron chi connectivity index (χ2n) is 8.06. The van der Waals surface area contributed by atoms with Crippen LogP contribution < -0.4 is 0 Å². The molecule has 1 unspecified atom stereocenters. The van der Waals surface area contributed by atoms with Crippen LogP contribution in [-0.4, -0.2) is 40.9 Å². The molecule has 2 aromatic rings. The summed E-state index contributed by atoms with van der Waals surface area (Å²) in [5.74, 6) is 1.25. The smallest absolute Gasteiger partial charge is 0.404 e. The normalized spacial score (nSPS) is 20.9. The maximum atomic E-state index is 10.8. The summed E-state index contributed by atoms with van der Waals surface area (Å²) in [4.78, 5) is 15.3. The molecule has 1 aliphatic carbocycles. The van der Waals surface area contributed by atoms with Gasteiger partial charge >= 0.3 is 5.88 Å². The van der Waals surface area contributed by atoms with Crippen molar-refractivity contribution in [1.29, 1.82) is 0 Å². The molecule has 4 rings (SSSR count). The molecular weight excluding hydrogens is 354 g/mol. The van der Waals surface area contributed by atoms with Crippen LogP contribution in [0.2, 0.25) is 0 Å². The predicted octanol–water partition coefficient (Wildman–Crippen LogP) is 4.63. The Balaban J connectivity index is 1.40. The Kier molecular flexibility index (Phi) is 6.07. The van der Waals surface area contributed by atoms with E-state index < -0.39 is 4.92 Å². The molecule has 0 radical (unpaired) electrons. The number of benzene rings is 1. The van der Waals surface area contributed by atoms with Gasteiger partial charge in [0.2, 0.25) is 0 Å². The summed E-state index contributed by atoms with van der Waals surface area (Å²) in [6.07, 6.45) is 6.74. The third kappa shape index (κ3) is 4.45. The second-order valence-corrected chi connectivity index (χ2v) is 8.06. The molecule has 2 heterocycles. The number of hydrogen-bond donors (Lipinski definition) is 0. The Hall–Kier alpha value is -2.18. The Morgan fingerprint density at radius 3 is 2.36 bits per heavy atom. The summed E-state index contributed by atoms with van der Waals surface area (Å²) in [7, 11) is 0. The fourth-order valence-electron chi connectivity index (χ4n) is 4.85. The molecule has 1 aromatic heterocycles. The van der Waals surface area contributed by atoms with Crippen LogP contribution in [0.3, 0.4) is 0 Å². The van der Waals surface area contributed by atoms with Crippen LogP contribution in [0, 0.1) is 16.0 Å². The molecule has 0 amide bonds. The minimum absolute atomic E-state index is 0.171. The summed E-state index contributed by atoms with van der Waals surface area (Å²) in [5, 5.41) is 10.8. The van der Waals surface area contributed by atoms with Gasteiger partial charge in [-0.1, -0.05) is 49.6 Å². The lowest BCUT2D eigenvalue weighted by atomic mass is 9.80. The van der Waals surface area contributed by atoms with Gasteiger partial charge < -0.3 is 4.42 Å². The average Bonchev–Trinajstić information content (AvgIpc) is 3.20. The van der Waals surface area contributed by atoms with E-state index in [2.05, 4.69) is 40.1 Å². The third-order valence-corrected chi connectivity index (χ3v) is 6.24. The highest BCUT2D eigenvalue weighted by Gasteiger charge is 2.32. The van der Waals surface area contributed by atoms with Crippen LogP contribution in [0.5, 0.6) is 0 Å². The van der Waals surface area contributed by atoms with E-state index in [0.29, 0.717) is 18.3 Å². The van der Waals surface area contributed by atoms with Gasteiger partial charge in [0.1, 0.15) is 10.7 Å². The Morgan fingerprint density at radius 1 is 1.00 bits per heavy atom. The zero-order valence-corrected chi connectivity index (χ0v) is 16.3. The van der Waals surface area contributed by atoms with E-state index in [4.69, 9.17) is 4.42 Å². The van der Waals surface area contributed by atoms with Gasteiger partial charge in [-0.3, -0.25) is 19.9 Å². The molecular formula is C22H29N3O3. The van der Waals surface area contributed by atoms with E-state index in [9.17, 15) is 10.1 Å². The molecule has 0 N–H and O–H groups in total. The standard InChI is InChI=1S/C22H29N3O3/c26-25(27)21-12-11-20(28-21)17-23-13-15-24(16-14-23)22(18-7-3-1-4-8-18)19-9-5-2-6-10-19/h1,3-4,7-8,11-12,19,22H,2,5-6,9-10,13-17H2. The maximum Gasteiger partial charge on any atom is 0.433 e. The second kappa shape index (κ2) is 8.88. The lowest BCUT2D eigenvalue weighted by Gasteiger charge is -2.43. The number of hydrogen-bond acceptors (Lipinski definition) is 5. The first-order chi connectivity index (χ1) is 13.7. The highest BCUT2D eigenvalue weighted by Crippen LogP contribution is 2.38. The van der Waals surface area contributed by atoms with Crippen LogP contribution in [-0.2, 0) is 6.54 Å². The van der Waals surface area contributed by atoms with Crippen molar-refractivity contribution in [3.8, 4) is 0 Å². The molecule has 1 atom stereocenters. The summed E-state index contributed by atoms with van der Waals surface area (Å²) in [5.41, 5.74) is 1.45. The maximum absolute atomic E-state index is 10.8. The van der Waals surface area contributed by atoms with Crippen molar-refractivity contribution >= 4 is 5.88 Å². The largest absolute Gasteiger partial charge is 0.433 e. The zero-order chi connectivity index (χ0) is 19.3. The van der Waals surface area contributed by atoms with Gasteiger partial charge in [0.15, 0.2) is 0 Å². The number of nitro groups is 1. The van der Waals surface area contributed by atoms with Gasteiger partial charge in [-0.25, -0.2) is 0 Å².